The van der Waals surface area contributed by atoms with Crippen molar-refractivity contribution in [3.63, 3.8) is 0 Å². The van der Waals surface area contributed by atoms with Gasteiger partial charge < -0.3 is 15.4 Å². The Morgan fingerprint density at radius 2 is 2.05 bits per heavy atom. The van der Waals surface area contributed by atoms with E-state index in [4.69, 9.17) is 4.74 Å². The van der Waals surface area contributed by atoms with Crippen molar-refractivity contribution >= 4 is 11.8 Å². The predicted molar refractivity (Wildman–Crippen MR) is 78.3 cm³/mol. The van der Waals surface area contributed by atoms with Crippen molar-refractivity contribution < 1.29 is 9.53 Å². The molecule has 2 N–H and O–H groups in total. The van der Waals surface area contributed by atoms with Crippen LogP contribution in [0, 0.1) is 0 Å². The third-order valence-corrected chi connectivity index (χ3v) is 2.34. The smallest absolute Gasteiger partial charge is 0.407 e. The van der Waals surface area contributed by atoms with Crippen molar-refractivity contribution in [2.24, 2.45) is 0 Å². The van der Waals surface area contributed by atoms with Gasteiger partial charge in [0.05, 0.1) is 0 Å². The molecular weight excluding hydrogens is 240 g/mol. The van der Waals surface area contributed by atoms with Crippen molar-refractivity contribution in [1.29, 1.82) is 0 Å². The molecule has 1 amide bonds. The fourth-order valence-electron chi connectivity index (χ4n) is 1.55. The van der Waals surface area contributed by atoms with E-state index in [2.05, 4.69) is 17.6 Å². The number of hydrogen-bond acceptors (Lipinski definition) is 3. The normalized spacial score (nSPS) is 10.9. The maximum Gasteiger partial charge on any atom is 0.407 e. The highest BCUT2D eigenvalue weighted by molar-refractivity contribution is 5.67. The average Bonchev–Trinajstić information content (AvgIpc) is 2.32. The number of hydrogen-bond donors (Lipinski definition) is 2. The Morgan fingerprint density at radius 1 is 1.32 bits per heavy atom. The van der Waals surface area contributed by atoms with E-state index < -0.39 is 5.60 Å². The van der Waals surface area contributed by atoms with Crippen LogP contribution in [0.3, 0.4) is 0 Å². The Bertz CT molecular complexity index is 411. The van der Waals surface area contributed by atoms with Crippen LogP contribution in [0.2, 0.25) is 0 Å². The molecule has 1 aromatic rings. The maximum atomic E-state index is 11.5. The molecule has 0 heterocycles. The van der Waals surface area contributed by atoms with E-state index in [9.17, 15) is 4.79 Å². The van der Waals surface area contributed by atoms with Gasteiger partial charge in [-0.15, -0.1) is 0 Å². The number of alkyl carbamates (subject to hydrolysis) is 1. The summed E-state index contributed by atoms with van der Waals surface area (Å²) in [6.07, 6.45) is 0.694. The quantitative estimate of drug-likeness (QED) is 0.855. The molecule has 0 bridgehead atoms. The lowest BCUT2D eigenvalue weighted by Gasteiger charge is -2.19. The summed E-state index contributed by atoms with van der Waals surface area (Å²) in [4.78, 5) is 11.5. The van der Waals surface area contributed by atoms with Crippen LogP contribution in [0.5, 0.6) is 0 Å². The van der Waals surface area contributed by atoms with Crippen LogP contribution in [0.4, 0.5) is 10.5 Å². The zero-order chi connectivity index (χ0) is 14.3. The summed E-state index contributed by atoms with van der Waals surface area (Å²) in [5.74, 6) is 0. The molecule has 0 unspecified atom stereocenters. The van der Waals surface area contributed by atoms with E-state index in [-0.39, 0.29) is 6.09 Å². The minimum Gasteiger partial charge on any atom is -0.444 e. The molecule has 106 valence electrons. The van der Waals surface area contributed by atoms with Crippen molar-refractivity contribution in [1.82, 2.24) is 5.32 Å². The lowest BCUT2D eigenvalue weighted by molar-refractivity contribution is 0.0523. The zero-order valence-corrected chi connectivity index (χ0v) is 12.2. The molecule has 4 nitrogen and oxygen atoms in total. The highest BCUT2D eigenvalue weighted by Gasteiger charge is 2.15. The molecule has 0 aliphatic rings. The van der Waals surface area contributed by atoms with Gasteiger partial charge in [-0.1, -0.05) is 19.1 Å². The number of nitrogens with one attached hydrogen (secondary N) is 2. The molecule has 0 saturated carbocycles. The number of carbonyl (C=O) groups is 1. The molecule has 0 spiro atoms. The van der Waals surface area contributed by atoms with Gasteiger partial charge in [0, 0.05) is 18.8 Å². The van der Waals surface area contributed by atoms with Crippen LogP contribution < -0.4 is 10.6 Å². The largest absolute Gasteiger partial charge is 0.444 e. The van der Waals surface area contributed by atoms with Gasteiger partial charge in [-0.2, -0.15) is 0 Å². The summed E-state index contributed by atoms with van der Waals surface area (Å²) in [6.45, 7) is 9.09. The first-order valence-electron chi connectivity index (χ1n) is 6.70. The van der Waals surface area contributed by atoms with Crippen molar-refractivity contribution in [3.05, 3.63) is 29.8 Å². The fourth-order valence-corrected chi connectivity index (χ4v) is 1.55. The second-order valence-electron chi connectivity index (χ2n) is 5.48. The van der Waals surface area contributed by atoms with Crippen molar-refractivity contribution in [2.75, 3.05) is 11.9 Å². The first kappa shape index (κ1) is 15.3. The number of benzene rings is 1. The number of anilines is 1. The Hall–Kier alpha value is -1.71. The Labute approximate surface area is 115 Å². The second-order valence-corrected chi connectivity index (χ2v) is 5.48. The molecule has 0 saturated heterocycles. The molecule has 0 radical (unpaired) electrons. The fraction of sp³-hybridized carbons (Fsp3) is 0.533. The predicted octanol–water partition coefficient (Wildman–Crippen LogP) is 3.53. The van der Waals surface area contributed by atoms with E-state index >= 15 is 0 Å². The highest BCUT2D eigenvalue weighted by atomic mass is 16.6. The molecule has 0 atom stereocenters. The van der Waals surface area contributed by atoms with Gasteiger partial charge in [0.2, 0.25) is 0 Å². The van der Waals surface area contributed by atoms with Crippen LogP contribution in [0.25, 0.3) is 0 Å². The van der Waals surface area contributed by atoms with Gasteiger partial charge in [0.1, 0.15) is 5.60 Å². The summed E-state index contributed by atoms with van der Waals surface area (Å²) in [5.41, 5.74) is 1.66. The summed E-state index contributed by atoms with van der Waals surface area (Å²) >= 11 is 0. The summed E-state index contributed by atoms with van der Waals surface area (Å²) in [7, 11) is 0. The highest BCUT2D eigenvalue weighted by Crippen LogP contribution is 2.11. The third kappa shape index (κ3) is 6.70. The van der Waals surface area contributed by atoms with E-state index in [1.54, 1.807) is 0 Å². The lowest BCUT2D eigenvalue weighted by atomic mass is 10.2. The van der Waals surface area contributed by atoms with Gasteiger partial charge in [0.25, 0.3) is 0 Å². The first-order chi connectivity index (χ1) is 8.90. The zero-order valence-electron chi connectivity index (χ0n) is 12.2. The van der Waals surface area contributed by atoms with Crippen LogP contribution in [-0.2, 0) is 11.3 Å². The Morgan fingerprint density at radius 3 is 2.68 bits per heavy atom. The topological polar surface area (TPSA) is 50.4 Å². The maximum absolute atomic E-state index is 11.5. The molecule has 0 aliphatic heterocycles. The van der Waals surface area contributed by atoms with Crippen LogP contribution in [0.15, 0.2) is 24.3 Å². The molecule has 0 aliphatic carbocycles. The van der Waals surface area contributed by atoms with E-state index in [1.165, 1.54) is 0 Å². The number of carbonyl (C=O) groups excluding carboxylic acids is 1. The third-order valence-electron chi connectivity index (χ3n) is 2.34. The number of rotatable bonds is 5. The van der Waals surface area contributed by atoms with Gasteiger partial charge in [0.15, 0.2) is 0 Å². The number of amides is 1. The standard InChI is InChI=1S/C15H24N2O2/c1-5-9-16-13-8-6-7-12(10-13)11-17-14(18)19-15(2,3)4/h6-8,10,16H,5,9,11H2,1-4H3,(H,17,18). The van der Waals surface area contributed by atoms with Gasteiger partial charge in [-0.3, -0.25) is 0 Å². The van der Waals surface area contributed by atoms with Crippen LogP contribution >= 0.6 is 0 Å². The summed E-state index contributed by atoms with van der Waals surface area (Å²) < 4.78 is 5.19. The van der Waals surface area contributed by atoms with Gasteiger partial charge in [-0.25, -0.2) is 4.79 Å². The summed E-state index contributed by atoms with van der Waals surface area (Å²) in [6, 6.07) is 8.01. The van der Waals surface area contributed by atoms with E-state index in [0.717, 1.165) is 24.2 Å². The molecule has 19 heavy (non-hydrogen) atoms. The van der Waals surface area contributed by atoms with E-state index in [0.29, 0.717) is 6.54 Å². The molecular formula is C15H24N2O2. The summed E-state index contributed by atoms with van der Waals surface area (Å²) in [5, 5.41) is 6.07. The number of ether oxygens (including phenoxy) is 1. The first-order valence-corrected chi connectivity index (χ1v) is 6.70. The minimum atomic E-state index is -0.464. The average molecular weight is 264 g/mol. The SMILES string of the molecule is CCCNc1cccc(CNC(=O)OC(C)(C)C)c1. The van der Waals surface area contributed by atoms with Gasteiger partial charge >= 0.3 is 6.09 Å². The molecule has 0 fully saturated rings. The molecule has 1 aromatic carbocycles. The molecule has 0 aromatic heterocycles. The Kier molecular flexibility index (Phi) is 5.67. The minimum absolute atomic E-state index is 0.389. The van der Waals surface area contributed by atoms with Crippen molar-refractivity contribution in [3.8, 4) is 0 Å². The van der Waals surface area contributed by atoms with Crippen LogP contribution in [-0.4, -0.2) is 18.2 Å². The van der Waals surface area contributed by atoms with Gasteiger partial charge in [-0.05, 0) is 44.9 Å². The van der Waals surface area contributed by atoms with Crippen LogP contribution in [0.1, 0.15) is 39.7 Å². The molecule has 4 heteroatoms. The Balaban J connectivity index is 2.46. The monoisotopic (exact) mass is 264 g/mol. The second kappa shape index (κ2) is 7.02. The lowest BCUT2D eigenvalue weighted by Crippen LogP contribution is -2.32. The molecule has 1 rings (SSSR count). The van der Waals surface area contributed by atoms with Crippen molar-refractivity contribution in [2.45, 2.75) is 46.3 Å². The van der Waals surface area contributed by atoms with E-state index in [1.807, 2.05) is 45.0 Å².